The van der Waals surface area contributed by atoms with Gasteiger partial charge in [-0.15, -0.1) is 0 Å². The molecule has 0 fully saturated rings. The van der Waals surface area contributed by atoms with Crippen molar-refractivity contribution in [2.45, 2.75) is 25.9 Å². The molecule has 0 saturated heterocycles. The molecule has 0 aliphatic heterocycles. The molecule has 0 bridgehead atoms. The highest BCUT2D eigenvalue weighted by molar-refractivity contribution is 5.92. The number of alkyl halides is 3. The highest BCUT2D eigenvalue weighted by atomic mass is 19.4. The summed E-state index contributed by atoms with van der Waals surface area (Å²) >= 11 is 0. The first-order chi connectivity index (χ1) is 6.75. The van der Waals surface area contributed by atoms with Crippen molar-refractivity contribution >= 4 is 5.91 Å². The van der Waals surface area contributed by atoms with Crippen LogP contribution in [0.1, 0.15) is 34.6 Å². The average molecular weight is 221 g/mol. The first-order valence-electron chi connectivity index (χ1n) is 4.16. The lowest BCUT2D eigenvalue weighted by Gasteiger charge is -2.13. The van der Waals surface area contributed by atoms with Crippen molar-refractivity contribution in [3.63, 3.8) is 0 Å². The van der Waals surface area contributed by atoms with Gasteiger partial charge in [-0.25, -0.2) is 0 Å². The van der Waals surface area contributed by atoms with Crippen LogP contribution in [0.2, 0.25) is 0 Å². The van der Waals surface area contributed by atoms with Crippen LogP contribution in [0.5, 0.6) is 0 Å². The number of rotatable bonds is 2. The molecular weight excluding hydrogens is 211 g/mol. The molecule has 0 radical (unpaired) electrons. The molecule has 1 atom stereocenters. The standard InChI is InChI=1S/C8H10F3N3O/c1-3-5(4(2)8(9,10)11)13-14-6(3)7(12)15/h4H,1-2H3,(H2,12,15)(H,13,14). The number of hydrogen-bond donors (Lipinski definition) is 2. The zero-order valence-corrected chi connectivity index (χ0v) is 8.14. The third kappa shape index (κ3) is 2.11. The third-order valence-corrected chi connectivity index (χ3v) is 2.19. The Morgan fingerprint density at radius 2 is 2.07 bits per heavy atom. The van der Waals surface area contributed by atoms with Crippen molar-refractivity contribution in [2.24, 2.45) is 5.73 Å². The summed E-state index contributed by atoms with van der Waals surface area (Å²) in [6.07, 6.45) is -4.38. The van der Waals surface area contributed by atoms with Crippen molar-refractivity contribution < 1.29 is 18.0 Å². The van der Waals surface area contributed by atoms with Crippen LogP contribution in [0.3, 0.4) is 0 Å². The second kappa shape index (κ2) is 3.56. The Kier molecular flexibility index (Phi) is 2.74. The quantitative estimate of drug-likeness (QED) is 0.793. The number of amides is 1. The molecule has 4 nitrogen and oxygen atoms in total. The summed E-state index contributed by atoms with van der Waals surface area (Å²) < 4.78 is 37.1. The summed E-state index contributed by atoms with van der Waals surface area (Å²) in [6.45, 7) is 2.36. The summed E-state index contributed by atoms with van der Waals surface area (Å²) in [5.41, 5.74) is 4.81. The number of carbonyl (C=O) groups is 1. The SMILES string of the molecule is Cc1c(C(C)C(F)(F)F)n[nH]c1C(N)=O. The minimum Gasteiger partial charge on any atom is -0.364 e. The van der Waals surface area contributed by atoms with Gasteiger partial charge in [-0.2, -0.15) is 18.3 Å². The number of nitrogens with two attached hydrogens (primary N) is 1. The lowest BCUT2D eigenvalue weighted by Crippen LogP contribution is -2.19. The van der Waals surface area contributed by atoms with Gasteiger partial charge in [-0.1, -0.05) is 0 Å². The molecule has 0 spiro atoms. The van der Waals surface area contributed by atoms with Crippen molar-refractivity contribution in [1.29, 1.82) is 0 Å². The maximum absolute atomic E-state index is 12.4. The number of primary amides is 1. The molecule has 0 saturated carbocycles. The molecule has 1 aromatic rings. The summed E-state index contributed by atoms with van der Waals surface area (Å²) in [5.74, 6) is -2.54. The molecule has 84 valence electrons. The van der Waals surface area contributed by atoms with Gasteiger partial charge in [-0.3, -0.25) is 9.89 Å². The largest absolute Gasteiger partial charge is 0.397 e. The first kappa shape index (κ1) is 11.5. The normalized spacial score (nSPS) is 13.9. The van der Waals surface area contributed by atoms with Crippen LogP contribution in [0.25, 0.3) is 0 Å². The molecule has 0 aliphatic rings. The highest BCUT2D eigenvalue weighted by Gasteiger charge is 2.40. The Morgan fingerprint density at radius 3 is 2.40 bits per heavy atom. The molecule has 3 N–H and O–H groups in total. The summed E-state index contributed by atoms with van der Waals surface area (Å²) in [7, 11) is 0. The first-order valence-corrected chi connectivity index (χ1v) is 4.16. The Morgan fingerprint density at radius 1 is 1.53 bits per heavy atom. The second-order valence-electron chi connectivity index (χ2n) is 3.24. The number of hydrogen-bond acceptors (Lipinski definition) is 2. The number of nitrogens with zero attached hydrogens (tertiary/aromatic N) is 1. The van der Waals surface area contributed by atoms with E-state index in [2.05, 4.69) is 10.2 Å². The fourth-order valence-corrected chi connectivity index (χ4v) is 1.23. The number of aromatic amines is 1. The minimum atomic E-state index is -4.38. The van der Waals surface area contributed by atoms with Gasteiger partial charge in [0.2, 0.25) is 0 Å². The van der Waals surface area contributed by atoms with E-state index in [9.17, 15) is 18.0 Å². The van der Waals surface area contributed by atoms with Gasteiger partial charge in [0.05, 0.1) is 11.6 Å². The van der Waals surface area contributed by atoms with E-state index in [4.69, 9.17) is 5.73 Å². The molecular formula is C8H10F3N3O. The van der Waals surface area contributed by atoms with Crippen LogP contribution >= 0.6 is 0 Å². The van der Waals surface area contributed by atoms with E-state index in [1.165, 1.54) is 6.92 Å². The molecule has 1 unspecified atom stereocenters. The zero-order chi connectivity index (χ0) is 11.8. The summed E-state index contributed by atoms with van der Waals surface area (Å²) in [4.78, 5) is 10.8. The monoisotopic (exact) mass is 221 g/mol. The number of nitrogens with one attached hydrogen (secondary N) is 1. The number of H-pyrrole nitrogens is 1. The summed E-state index contributed by atoms with van der Waals surface area (Å²) in [5, 5.41) is 5.66. The Labute approximate surface area is 83.7 Å². The van der Waals surface area contributed by atoms with E-state index in [0.717, 1.165) is 6.92 Å². The number of halogens is 3. The number of carbonyl (C=O) groups excluding carboxylic acids is 1. The maximum Gasteiger partial charge on any atom is 0.397 e. The lowest BCUT2D eigenvalue weighted by molar-refractivity contribution is -0.147. The van der Waals surface area contributed by atoms with Crippen LogP contribution in [-0.4, -0.2) is 22.3 Å². The van der Waals surface area contributed by atoms with E-state index in [-0.39, 0.29) is 17.0 Å². The Hall–Kier alpha value is -1.53. The van der Waals surface area contributed by atoms with Gasteiger partial charge < -0.3 is 5.73 Å². The van der Waals surface area contributed by atoms with E-state index in [0.29, 0.717) is 0 Å². The van der Waals surface area contributed by atoms with Crippen LogP contribution in [0.15, 0.2) is 0 Å². The van der Waals surface area contributed by atoms with Crippen molar-refractivity contribution in [3.05, 3.63) is 17.0 Å². The van der Waals surface area contributed by atoms with Crippen LogP contribution in [0.4, 0.5) is 13.2 Å². The van der Waals surface area contributed by atoms with Crippen LogP contribution in [0, 0.1) is 6.92 Å². The smallest absolute Gasteiger partial charge is 0.364 e. The fraction of sp³-hybridized carbons (Fsp3) is 0.500. The maximum atomic E-state index is 12.4. The van der Waals surface area contributed by atoms with Crippen molar-refractivity contribution in [3.8, 4) is 0 Å². The van der Waals surface area contributed by atoms with Gasteiger partial charge >= 0.3 is 6.18 Å². The molecule has 0 aliphatic carbocycles. The van der Waals surface area contributed by atoms with Crippen molar-refractivity contribution in [2.75, 3.05) is 0 Å². The lowest BCUT2D eigenvalue weighted by atomic mass is 10.0. The minimum absolute atomic E-state index is 0.0823. The van der Waals surface area contributed by atoms with Crippen molar-refractivity contribution in [1.82, 2.24) is 10.2 Å². The molecule has 15 heavy (non-hydrogen) atoms. The fourth-order valence-electron chi connectivity index (χ4n) is 1.23. The average Bonchev–Trinajstić information content (AvgIpc) is 2.44. The predicted molar refractivity (Wildman–Crippen MR) is 46.3 cm³/mol. The topological polar surface area (TPSA) is 71.8 Å². The van der Waals surface area contributed by atoms with Gasteiger partial charge in [0.1, 0.15) is 5.69 Å². The molecule has 7 heteroatoms. The van der Waals surface area contributed by atoms with Gasteiger partial charge in [0.25, 0.3) is 5.91 Å². The van der Waals surface area contributed by atoms with E-state index < -0.39 is 18.0 Å². The molecule has 1 amide bonds. The van der Waals surface area contributed by atoms with Gasteiger partial charge in [-0.05, 0) is 13.8 Å². The van der Waals surface area contributed by atoms with Crippen LogP contribution < -0.4 is 5.73 Å². The Balaban J connectivity index is 3.12. The summed E-state index contributed by atoms with van der Waals surface area (Å²) in [6, 6.07) is 0. The number of aromatic nitrogens is 2. The van der Waals surface area contributed by atoms with Gasteiger partial charge in [0, 0.05) is 5.56 Å². The third-order valence-electron chi connectivity index (χ3n) is 2.19. The Bertz CT molecular complexity index is 383. The van der Waals surface area contributed by atoms with E-state index >= 15 is 0 Å². The molecule has 1 rings (SSSR count). The van der Waals surface area contributed by atoms with E-state index in [1.807, 2.05) is 0 Å². The molecule has 0 aromatic carbocycles. The van der Waals surface area contributed by atoms with Gasteiger partial charge in [0.15, 0.2) is 0 Å². The molecule has 1 aromatic heterocycles. The van der Waals surface area contributed by atoms with E-state index in [1.54, 1.807) is 0 Å². The zero-order valence-electron chi connectivity index (χ0n) is 8.14. The molecule has 1 heterocycles. The second-order valence-corrected chi connectivity index (χ2v) is 3.24. The van der Waals surface area contributed by atoms with Crippen LogP contribution in [-0.2, 0) is 0 Å². The highest BCUT2D eigenvalue weighted by Crippen LogP contribution is 2.35. The predicted octanol–water partition coefficient (Wildman–Crippen LogP) is 1.48.